The van der Waals surface area contributed by atoms with E-state index in [1.165, 1.54) is 5.56 Å². The highest BCUT2D eigenvalue weighted by Gasteiger charge is 2.31. The maximum atomic E-state index is 5.87. The van der Waals surface area contributed by atoms with Crippen LogP contribution in [0.15, 0.2) is 30.3 Å². The van der Waals surface area contributed by atoms with Gasteiger partial charge in [0.05, 0.1) is 13.2 Å². The minimum atomic E-state index is -0.0387. The van der Waals surface area contributed by atoms with Crippen LogP contribution in [0.1, 0.15) is 39.2 Å². The van der Waals surface area contributed by atoms with E-state index in [-0.39, 0.29) is 6.29 Å². The second-order valence-corrected chi connectivity index (χ2v) is 6.18. The van der Waals surface area contributed by atoms with Crippen LogP contribution in [-0.4, -0.2) is 12.9 Å². The fourth-order valence-electron chi connectivity index (χ4n) is 2.43. The van der Waals surface area contributed by atoms with Gasteiger partial charge in [0, 0.05) is 6.42 Å². The molecule has 2 nitrogen and oxygen atoms in total. The topological polar surface area (TPSA) is 18.5 Å². The highest BCUT2D eigenvalue weighted by atomic mass is 16.7. The smallest absolute Gasteiger partial charge is 0.158 e. The molecule has 0 radical (unpaired) electrons. The van der Waals surface area contributed by atoms with E-state index in [9.17, 15) is 0 Å². The Morgan fingerprint density at radius 3 is 2.61 bits per heavy atom. The van der Waals surface area contributed by atoms with Crippen molar-refractivity contribution in [2.24, 2.45) is 11.3 Å². The summed E-state index contributed by atoms with van der Waals surface area (Å²) in [4.78, 5) is 0. The molecule has 2 heteroatoms. The Kier molecular flexibility index (Phi) is 4.41. The summed E-state index contributed by atoms with van der Waals surface area (Å²) >= 11 is 0. The van der Waals surface area contributed by atoms with Gasteiger partial charge in [-0.05, 0) is 23.3 Å². The molecule has 1 aliphatic heterocycles. The molecule has 100 valence electrons. The lowest BCUT2D eigenvalue weighted by Crippen LogP contribution is -2.34. The third-order valence-corrected chi connectivity index (χ3v) is 3.75. The number of benzene rings is 1. The third kappa shape index (κ3) is 3.82. The van der Waals surface area contributed by atoms with Crippen molar-refractivity contribution >= 4 is 0 Å². The van der Waals surface area contributed by atoms with Crippen LogP contribution in [0.25, 0.3) is 0 Å². The van der Waals surface area contributed by atoms with Gasteiger partial charge >= 0.3 is 0 Å². The lowest BCUT2D eigenvalue weighted by atomic mass is 9.76. The van der Waals surface area contributed by atoms with Crippen LogP contribution < -0.4 is 0 Å². The van der Waals surface area contributed by atoms with Crippen LogP contribution in [0.5, 0.6) is 0 Å². The van der Waals surface area contributed by atoms with Crippen molar-refractivity contribution in [1.82, 2.24) is 0 Å². The van der Waals surface area contributed by atoms with E-state index in [0.717, 1.165) is 19.4 Å². The molecule has 1 aliphatic rings. The van der Waals surface area contributed by atoms with Gasteiger partial charge in [-0.1, -0.05) is 51.1 Å². The van der Waals surface area contributed by atoms with Crippen molar-refractivity contribution < 1.29 is 9.47 Å². The van der Waals surface area contributed by atoms with Crippen LogP contribution in [0.2, 0.25) is 0 Å². The van der Waals surface area contributed by atoms with Gasteiger partial charge in [-0.2, -0.15) is 0 Å². The van der Waals surface area contributed by atoms with Crippen molar-refractivity contribution in [3.05, 3.63) is 35.9 Å². The molecular formula is C16H24O2. The van der Waals surface area contributed by atoms with Gasteiger partial charge in [-0.3, -0.25) is 0 Å². The zero-order valence-corrected chi connectivity index (χ0v) is 11.7. The van der Waals surface area contributed by atoms with Crippen LogP contribution >= 0.6 is 0 Å². The average Bonchev–Trinajstić information content (AvgIpc) is 2.37. The largest absolute Gasteiger partial charge is 0.353 e. The number of rotatable bonds is 3. The summed E-state index contributed by atoms with van der Waals surface area (Å²) in [5.74, 6) is 0.687. The Balaban J connectivity index is 1.83. The minimum Gasteiger partial charge on any atom is -0.353 e. The summed E-state index contributed by atoms with van der Waals surface area (Å²) in [6.45, 7) is 8.37. The van der Waals surface area contributed by atoms with E-state index in [4.69, 9.17) is 9.47 Å². The van der Waals surface area contributed by atoms with Crippen LogP contribution in [0.4, 0.5) is 0 Å². The Morgan fingerprint density at radius 2 is 1.94 bits per heavy atom. The number of ether oxygens (including phenoxy) is 2. The first-order valence-corrected chi connectivity index (χ1v) is 6.83. The second-order valence-electron chi connectivity index (χ2n) is 6.18. The second kappa shape index (κ2) is 5.85. The van der Waals surface area contributed by atoms with E-state index in [2.05, 4.69) is 32.9 Å². The average molecular weight is 248 g/mol. The van der Waals surface area contributed by atoms with E-state index in [0.29, 0.717) is 17.9 Å². The van der Waals surface area contributed by atoms with Gasteiger partial charge in [0.1, 0.15) is 0 Å². The van der Waals surface area contributed by atoms with Gasteiger partial charge in [0.15, 0.2) is 6.29 Å². The quantitative estimate of drug-likeness (QED) is 0.805. The zero-order chi connectivity index (χ0) is 13.0. The van der Waals surface area contributed by atoms with Gasteiger partial charge < -0.3 is 9.47 Å². The SMILES string of the molecule is CC(C)(C)[C@H]1CCOC(OCc2ccccc2)C1. The Bertz CT molecular complexity index is 353. The van der Waals surface area contributed by atoms with Gasteiger partial charge in [-0.15, -0.1) is 0 Å². The molecule has 0 spiro atoms. The predicted octanol–water partition coefficient (Wildman–Crippen LogP) is 4.00. The molecule has 1 unspecified atom stereocenters. The Hall–Kier alpha value is -0.860. The molecule has 1 saturated heterocycles. The molecule has 0 bridgehead atoms. The molecule has 1 aromatic rings. The molecule has 0 N–H and O–H groups in total. The summed E-state index contributed by atoms with van der Waals surface area (Å²) < 4.78 is 11.6. The van der Waals surface area contributed by atoms with Crippen molar-refractivity contribution in [3.8, 4) is 0 Å². The van der Waals surface area contributed by atoms with E-state index >= 15 is 0 Å². The van der Waals surface area contributed by atoms with Crippen LogP contribution in [0.3, 0.4) is 0 Å². The lowest BCUT2D eigenvalue weighted by Gasteiger charge is -2.37. The molecule has 0 saturated carbocycles. The van der Waals surface area contributed by atoms with Crippen molar-refractivity contribution in [2.75, 3.05) is 6.61 Å². The van der Waals surface area contributed by atoms with E-state index in [1.54, 1.807) is 0 Å². The van der Waals surface area contributed by atoms with Crippen molar-refractivity contribution in [1.29, 1.82) is 0 Å². The fourth-order valence-corrected chi connectivity index (χ4v) is 2.43. The summed E-state index contributed by atoms with van der Waals surface area (Å²) in [7, 11) is 0. The van der Waals surface area contributed by atoms with Crippen molar-refractivity contribution in [3.63, 3.8) is 0 Å². The highest BCUT2D eigenvalue weighted by molar-refractivity contribution is 5.13. The number of hydrogen-bond acceptors (Lipinski definition) is 2. The minimum absolute atomic E-state index is 0.0387. The molecule has 0 amide bonds. The molecule has 1 fully saturated rings. The highest BCUT2D eigenvalue weighted by Crippen LogP contribution is 2.36. The van der Waals surface area contributed by atoms with Crippen LogP contribution in [0, 0.1) is 11.3 Å². The summed E-state index contributed by atoms with van der Waals surface area (Å²) in [6, 6.07) is 10.3. The molecule has 0 aliphatic carbocycles. The van der Waals surface area contributed by atoms with E-state index < -0.39 is 0 Å². The van der Waals surface area contributed by atoms with Gasteiger partial charge in [0.2, 0.25) is 0 Å². The fraction of sp³-hybridized carbons (Fsp3) is 0.625. The summed E-state index contributed by atoms with van der Waals surface area (Å²) in [5, 5.41) is 0. The van der Waals surface area contributed by atoms with E-state index in [1.807, 2.05) is 18.2 Å². The first kappa shape index (κ1) is 13.6. The Morgan fingerprint density at radius 1 is 1.22 bits per heavy atom. The third-order valence-electron chi connectivity index (χ3n) is 3.75. The maximum Gasteiger partial charge on any atom is 0.158 e. The molecule has 18 heavy (non-hydrogen) atoms. The van der Waals surface area contributed by atoms with Crippen LogP contribution in [-0.2, 0) is 16.1 Å². The summed E-state index contributed by atoms with van der Waals surface area (Å²) in [6.07, 6.45) is 2.12. The van der Waals surface area contributed by atoms with Gasteiger partial charge in [-0.25, -0.2) is 0 Å². The molecule has 1 heterocycles. The predicted molar refractivity (Wildman–Crippen MR) is 73.2 cm³/mol. The monoisotopic (exact) mass is 248 g/mol. The first-order valence-electron chi connectivity index (χ1n) is 6.83. The summed E-state index contributed by atoms with van der Waals surface area (Å²) in [5.41, 5.74) is 1.55. The maximum absolute atomic E-state index is 5.87. The lowest BCUT2D eigenvalue weighted by molar-refractivity contribution is -0.189. The molecule has 2 rings (SSSR count). The molecule has 1 aromatic carbocycles. The Labute approximate surface area is 110 Å². The molecular weight excluding hydrogens is 224 g/mol. The molecule has 0 aromatic heterocycles. The van der Waals surface area contributed by atoms with Crippen molar-refractivity contribution in [2.45, 2.75) is 46.5 Å². The standard InChI is InChI=1S/C16H24O2/c1-16(2,3)14-9-10-17-15(11-14)18-12-13-7-5-4-6-8-13/h4-8,14-15H,9-12H2,1-3H3/t14-,15?/m0/s1. The first-order chi connectivity index (χ1) is 8.55. The zero-order valence-electron chi connectivity index (χ0n) is 11.7. The normalized spacial score (nSPS) is 25.1. The van der Waals surface area contributed by atoms with Gasteiger partial charge in [0.25, 0.3) is 0 Å². The molecule has 2 atom stereocenters. The number of hydrogen-bond donors (Lipinski definition) is 0.